The molecule has 6 nitrogen and oxygen atoms in total. The second-order valence-corrected chi connectivity index (χ2v) is 13.7. The van der Waals surface area contributed by atoms with Crippen molar-refractivity contribution in [3.63, 3.8) is 0 Å². The van der Waals surface area contributed by atoms with E-state index in [4.69, 9.17) is 40.2 Å². The van der Waals surface area contributed by atoms with Crippen LogP contribution in [0.15, 0.2) is 78.9 Å². The van der Waals surface area contributed by atoms with E-state index in [1.165, 1.54) is 0 Å². The van der Waals surface area contributed by atoms with Crippen LogP contribution in [0.1, 0.15) is 54.0 Å². The van der Waals surface area contributed by atoms with E-state index in [2.05, 4.69) is 0 Å². The van der Waals surface area contributed by atoms with Crippen LogP contribution in [0.2, 0.25) is 5.02 Å². The van der Waals surface area contributed by atoms with Crippen molar-refractivity contribution in [2.24, 2.45) is 0 Å². The molecule has 4 aromatic rings. The zero-order chi connectivity index (χ0) is 31.5. The first-order valence-corrected chi connectivity index (χ1v) is 15.3. The van der Waals surface area contributed by atoms with Gasteiger partial charge in [-0.2, -0.15) is 0 Å². The Morgan fingerprint density at radius 3 is 1.66 bits per heavy atom. The largest absolute Gasteiger partial charge is 0.489 e. The van der Waals surface area contributed by atoms with Crippen molar-refractivity contribution in [3.8, 4) is 33.9 Å². The summed E-state index contributed by atoms with van der Waals surface area (Å²) in [5, 5.41) is 0.370. The SMILES string of the molecule is CC1(C)OB(B2OC(C)(C)C(C)(Cc3cc(Cl)cc(-c4nc(-c5ccccc5)cc(-c5ccccc5)n4)c3F)O2)OC1(C)C. The van der Waals surface area contributed by atoms with Crippen LogP contribution in [0, 0.1) is 5.82 Å². The topological polar surface area (TPSA) is 62.7 Å². The summed E-state index contributed by atoms with van der Waals surface area (Å²) in [6, 6.07) is 24.7. The van der Waals surface area contributed by atoms with Gasteiger partial charge in [-0.3, -0.25) is 0 Å². The van der Waals surface area contributed by atoms with Crippen LogP contribution in [0.5, 0.6) is 0 Å². The quantitative estimate of drug-likeness (QED) is 0.205. The highest BCUT2D eigenvalue weighted by atomic mass is 35.5. The Balaban J connectivity index is 1.37. The predicted molar refractivity (Wildman–Crippen MR) is 174 cm³/mol. The van der Waals surface area contributed by atoms with E-state index in [0.29, 0.717) is 22.0 Å². The summed E-state index contributed by atoms with van der Waals surface area (Å²) in [5.74, 6) is -0.215. The van der Waals surface area contributed by atoms with Crippen LogP contribution in [0.3, 0.4) is 0 Å². The molecule has 3 aromatic carbocycles. The molecule has 226 valence electrons. The minimum absolute atomic E-state index is 0.180. The standard InChI is InChI=1S/C34H36B2ClFN2O4/c1-31(2)32(3,4)42-35(41-31)36-43-33(5,6)34(7,44-36)21-24-18-25(37)19-26(29(24)38)30-39-27(22-14-10-8-11-15-22)20-28(40-30)23-16-12-9-13-17-23/h8-20H,21H2,1-7H3. The highest BCUT2D eigenvalue weighted by Crippen LogP contribution is 2.45. The lowest BCUT2D eigenvalue weighted by Crippen LogP contribution is -2.46. The molecule has 0 saturated carbocycles. The van der Waals surface area contributed by atoms with Crippen LogP contribution < -0.4 is 0 Å². The molecule has 2 fully saturated rings. The minimum Gasteiger partial charge on any atom is -0.405 e. The van der Waals surface area contributed by atoms with E-state index < -0.39 is 42.2 Å². The Hall–Kier alpha value is -3.07. The molecule has 2 saturated heterocycles. The van der Waals surface area contributed by atoms with E-state index in [9.17, 15) is 0 Å². The van der Waals surface area contributed by atoms with Crippen LogP contribution in [0.25, 0.3) is 33.9 Å². The molecule has 1 unspecified atom stereocenters. The summed E-state index contributed by atoms with van der Waals surface area (Å²) >= 11 is 6.65. The number of hydrogen-bond donors (Lipinski definition) is 0. The first kappa shape index (κ1) is 30.9. The number of aromatic nitrogens is 2. The Bertz CT molecular complexity index is 1620. The maximum Gasteiger partial charge on any atom is 0.489 e. The Labute approximate surface area is 264 Å². The highest BCUT2D eigenvalue weighted by molar-refractivity contribution is 7.11. The van der Waals surface area contributed by atoms with Gasteiger partial charge in [-0.25, -0.2) is 14.4 Å². The molecular formula is C34H36B2ClFN2O4. The summed E-state index contributed by atoms with van der Waals surface area (Å²) in [6.07, 6.45) is 0.180. The molecular weight excluding hydrogens is 576 g/mol. The zero-order valence-electron chi connectivity index (χ0n) is 26.2. The third-order valence-corrected chi connectivity index (χ3v) is 9.52. The molecule has 1 aromatic heterocycles. The van der Waals surface area contributed by atoms with Crippen molar-refractivity contribution in [1.82, 2.24) is 9.97 Å². The monoisotopic (exact) mass is 612 g/mol. The number of halogens is 2. The fraction of sp³-hybridized carbons (Fsp3) is 0.353. The van der Waals surface area contributed by atoms with E-state index in [1.807, 2.05) is 115 Å². The molecule has 6 rings (SSSR count). The third-order valence-electron chi connectivity index (χ3n) is 9.30. The summed E-state index contributed by atoms with van der Waals surface area (Å²) < 4.78 is 41.9. The van der Waals surface area contributed by atoms with Crippen molar-refractivity contribution in [3.05, 3.63) is 95.3 Å². The molecule has 2 aliphatic rings. The van der Waals surface area contributed by atoms with Gasteiger partial charge in [0.25, 0.3) is 0 Å². The maximum atomic E-state index is 16.6. The van der Waals surface area contributed by atoms with Gasteiger partial charge in [-0.1, -0.05) is 72.3 Å². The molecule has 0 spiro atoms. The molecule has 0 aliphatic carbocycles. The summed E-state index contributed by atoms with van der Waals surface area (Å²) in [5.41, 5.74) is 0.907. The fourth-order valence-electron chi connectivity index (χ4n) is 5.58. The average molecular weight is 613 g/mol. The molecule has 0 amide bonds. The second-order valence-electron chi connectivity index (χ2n) is 13.3. The van der Waals surface area contributed by atoms with Crippen LogP contribution >= 0.6 is 11.6 Å². The van der Waals surface area contributed by atoms with E-state index in [-0.39, 0.29) is 17.8 Å². The van der Waals surface area contributed by atoms with Crippen molar-refractivity contribution in [1.29, 1.82) is 0 Å². The maximum absolute atomic E-state index is 16.6. The molecule has 0 N–H and O–H groups in total. The Morgan fingerprint density at radius 1 is 0.659 bits per heavy atom. The lowest BCUT2D eigenvalue weighted by atomic mass is 9.49. The van der Waals surface area contributed by atoms with Gasteiger partial charge in [0.05, 0.1) is 39.4 Å². The Kier molecular flexibility index (Phi) is 7.78. The molecule has 10 heteroatoms. The number of rotatable bonds is 6. The predicted octanol–water partition coefficient (Wildman–Crippen LogP) is 8.06. The lowest BCUT2D eigenvalue weighted by Gasteiger charge is -2.37. The van der Waals surface area contributed by atoms with E-state index in [0.717, 1.165) is 11.1 Å². The van der Waals surface area contributed by atoms with E-state index >= 15 is 4.39 Å². The second kappa shape index (κ2) is 11.1. The molecule has 44 heavy (non-hydrogen) atoms. The summed E-state index contributed by atoms with van der Waals surface area (Å²) in [6.45, 7) is 13.7. The fourth-order valence-corrected chi connectivity index (χ4v) is 5.83. The van der Waals surface area contributed by atoms with Crippen LogP contribution in [-0.4, -0.2) is 46.4 Å². The zero-order valence-corrected chi connectivity index (χ0v) is 26.9. The van der Waals surface area contributed by atoms with Gasteiger partial charge in [0, 0.05) is 22.6 Å². The van der Waals surface area contributed by atoms with Gasteiger partial charge >= 0.3 is 14.0 Å². The minimum atomic E-state index is -0.938. The average Bonchev–Trinajstić information content (AvgIpc) is 3.36. The molecule has 3 heterocycles. The third kappa shape index (κ3) is 5.61. The summed E-state index contributed by atoms with van der Waals surface area (Å²) in [4.78, 5) is 9.63. The van der Waals surface area contributed by atoms with Crippen LogP contribution in [-0.2, 0) is 25.0 Å². The van der Waals surface area contributed by atoms with Crippen molar-refractivity contribution < 1.29 is 23.0 Å². The van der Waals surface area contributed by atoms with Crippen LogP contribution in [0.4, 0.5) is 4.39 Å². The van der Waals surface area contributed by atoms with Gasteiger partial charge in [-0.05, 0) is 72.2 Å². The first-order valence-electron chi connectivity index (χ1n) is 14.9. The molecule has 1 atom stereocenters. The first-order chi connectivity index (χ1) is 20.7. The van der Waals surface area contributed by atoms with Crippen molar-refractivity contribution in [2.75, 3.05) is 0 Å². The van der Waals surface area contributed by atoms with Gasteiger partial charge in [0.2, 0.25) is 0 Å². The normalized spacial score (nSPS) is 22.0. The van der Waals surface area contributed by atoms with Gasteiger partial charge in [0.1, 0.15) is 5.82 Å². The van der Waals surface area contributed by atoms with Crippen molar-refractivity contribution >= 4 is 25.6 Å². The van der Waals surface area contributed by atoms with E-state index in [1.54, 1.807) is 12.1 Å². The van der Waals surface area contributed by atoms with Gasteiger partial charge < -0.3 is 18.6 Å². The highest BCUT2D eigenvalue weighted by Gasteiger charge is 2.64. The van der Waals surface area contributed by atoms with Gasteiger partial charge in [0.15, 0.2) is 5.82 Å². The molecule has 0 radical (unpaired) electrons. The Morgan fingerprint density at radius 2 is 1.14 bits per heavy atom. The number of hydrogen-bond acceptors (Lipinski definition) is 6. The smallest absolute Gasteiger partial charge is 0.405 e. The molecule has 2 aliphatic heterocycles. The molecule has 0 bridgehead atoms. The van der Waals surface area contributed by atoms with Crippen molar-refractivity contribution in [2.45, 2.75) is 77.3 Å². The lowest BCUT2D eigenvalue weighted by molar-refractivity contribution is -0.00928. The van der Waals surface area contributed by atoms with Gasteiger partial charge in [-0.15, -0.1) is 0 Å². The summed E-state index contributed by atoms with van der Waals surface area (Å²) in [7, 11) is -1.52. The number of nitrogens with zero attached hydrogens (tertiary/aromatic N) is 2. The number of benzene rings is 3.